The summed E-state index contributed by atoms with van der Waals surface area (Å²) in [6, 6.07) is 8.89. The van der Waals surface area contributed by atoms with Crippen LogP contribution in [-0.2, 0) is 9.47 Å². The van der Waals surface area contributed by atoms with Crippen LogP contribution in [0.3, 0.4) is 0 Å². The average molecular weight is 354 g/mol. The van der Waals surface area contributed by atoms with Gasteiger partial charge in [0, 0.05) is 11.8 Å². The highest BCUT2D eigenvalue weighted by Gasteiger charge is 2.27. The van der Waals surface area contributed by atoms with Gasteiger partial charge in [-0.2, -0.15) is 0 Å². The summed E-state index contributed by atoms with van der Waals surface area (Å²) >= 11 is 0. The molecule has 7 nitrogen and oxygen atoms in total. The third-order valence-corrected chi connectivity index (χ3v) is 4.04. The number of fused-ring (bicyclic) bond motifs is 1. The highest BCUT2D eigenvalue weighted by Crippen LogP contribution is 2.31. The zero-order chi connectivity index (χ0) is 18.8. The van der Waals surface area contributed by atoms with E-state index in [9.17, 15) is 9.59 Å². The zero-order valence-corrected chi connectivity index (χ0v) is 14.9. The maximum absolute atomic E-state index is 12.5. The van der Waals surface area contributed by atoms with Crippen molar-refractivity contribution in [3.63, 3.8) is 0 Å². The van der Waals surface area contributed by atoms with Gasteiger partial charge in [0.1, 0.15) is 17.1 Å². The number of hydrogen-bond donors (Lipinski definition) is 0. The van der Waals surface area contributed by atoms with Crippen LogP contribution in [0.15, 0.2) is 36.5 Å². The van der Waals surface area contributed by atoms with Crippen molar-refractivity contribution in [1.29, 1.82) is 0 Å². The smallest absolute Gasteiger partial charge is 0.356 e. The van der Waals surface area contributed by atoms with Crippen molar-refractivity contribution < 1.29 is 23.8 Å². The van der Waals surface area contributed by atoms with Crippen LogP contribution >= 0.6 is 0 Å². The van der Waals surface area contributed by atoms with Gasteiger partial charge in [-0.15, -0.1) is 0 Å². The quantitative estimate of drug-likeness (QED) is 0.670. The van der Waals surface area contributed by atoms with Crippen LogP contribution in [-0.4, -0.2) is 42.7 Å². The Kier molecular flexibility index (Phi) is 4.62. The second-order valence-corrected chi connectivity index (χ2v) is 5.60. The Bertz CT molecular complexity index is 989. The SMILES string of the molecule is COC(=O)c1c(-c2ccc(OC)cc2)cc2nc(C)cn2c1C(=O)OC. The number of hydrogen-bond acceptors (Lipinski definition) is 6. The van der Waals surface area contributed by atoms with Gasteiger partial charge < -0.3 is 14.2 Å². The molecule has 0 atom stereocenters. The fourth-order valence-corrected chi connectivity index (χ4v) is 2.85. The second kappa shape index (κ2) is 6.87. The highest BCUT2D eigenvalue weighted by atomic mass is 16.5. The lowest BCUT2D eigenvalue weighted by Crippen LogP contribution is -2.17. The van der Waals surface area contributed by atoms with Crippen LogP contribution in [0.1, 0.15) is 26.5 Å². The normalized spacial score (nSPS) is 10.6. The van der Waals surface area contributed by atoms with Gasteiger partial charge in [-0.3, -0.25) is 4.40 Å². The molecule has 26 heavy (non-hydrogen) atoms. The summed E-state index contributed by atoms with van der Waals surface area (Å²) in [6.45, 7) is 1.80. The third kappa shape index (κ3) is 2.88. The van der Waals surface area contributed by atoms with E-state index in [2.05, 4.69) is 4.98 Å². The molecule has 0 radical (unpaired) electrons. The Hall–Kier alpha value is -3.35. The number of imidazole rings is 1. The van der Waals surface area contributed by atoms with Crippen molar-refractivity contribution in [1.82, 2.24) is 9.38 Å². The molecule has 7 heteroatoms. The lowest BCUT2D eigenvalue weighted by Gasteiger charge is -2.14. The average Bonchev–Trinajstić information content (AvgIpc) is 3.05. The van der Waals surface area contributed by atoms with E-state index >= 15 is 0 Å². The summed E-state index contributed by atoms with van der Waals surface area (Å²) in [7, 11) is 4.10. The van der Waals surface area contributed by atoms with E-state index in [1.54, 1.807) is 55.0 Å². The number of benzene rings is 1. The number of aromatic nitrogens is 2. The largest absolute Gasteiger partial charge is 0.497 e. The second-order valence-electron chi connectivity index (χ2n) is 5.60. The summed E-state index contributed by atoms with van der Waals surface area (Å²) in [5.41, 5.74) is 2.68. The summed E-state index contributed by atoms with van der Waals surface area (Å²) in [6.07, 6.45) is 1.67. The molecule has 0 bridgehead atoms. The lowest BCUT2D eigenvalue weighted by molar-refractivity contribution is 0.0549. The van der Waals surface area contributed by atoms with E-state index in [1.165, 1.54) is 14.2 Å². The van der Waals surface area contributed by atoms with Gasteiger partial charge in [0.2, 0.25) is 0 Å². The van der Waals surface area contributed by atoms with Crippen molar-refractivity contribution in [3.05, 3.63) is 53.5 Å². The number of carbonyl (C=O) groups is 2. The van der Waals surface area contributed by atoms with Gasteiger partial charge in [-0.25, -0.2) is 14.6 Å². The fourth-order valence-electron chi connectivity index (χ4n) is 2.85. The van der Waals surface area contributed by atoms with E-state index < -0.39 is 11.9 Å². The summed E-state index contributed by atoms with van der Waals surface area (Å²) < 4.78 is 16.5. The molecule has 3 rings (SSSR count). The van der Waals surface area contributed by atoms with Crippen molar-refractivity contribution in [2.24, 2.45) is 0 Å². The first-order valence-electron chi connectivity index (χ1n) is 7.84. The van der Waals surface area contributed by atoms with Gasteiger partial charge in [0.25, 0.3) is 0 Å². The maximum Gasteiger partial charge on any atom is 0.356 e. The topological polar surface area (TPSA) is 79.1 Å². The minimum atomic E-state index is -0.650. The van der Waals surface area contributed by atoms with E-state index in [0.29, 0.717) is 22.7 Å². The molecule has 0 fully saturated rings. The van der Waals surface area contributed by atoms with E-state index in [4.69, 9.17) is 14.2 Å². The molecule has 0 spiro atoms. The fraction of sp³-hybridized carbons (Fsp3) is 0.211. The molecule has 0 unspecified atom stereocenters. The molecular weight excluding hydrogens is 336 g/mol. The number of rotatable bonds is 4. The highest BCUT2D eigenvalue weighted by molar-refractivity contribution is 6.07. The Morgan fingerprint density at radius 3 is 2.23 bits per heavy atom. The van der Waals surface area contributed by atoms with Gasteiger partial charge in [-0.1, -0.05) is 12.1 Å². The van der Waals surface area contributed by atoms with Crippen LogP contribution in [0.4, 0.5) is 0 Å². The first kappa shape index (κ1) is 17.5. The van der Waals surface area contributed by atoms with Crippen LogP contribution in [0, 0.1) is 6.92 Å². The molecule has 3 aromatic rings. The van der Waals surface area contributed by atoms with Crippen LogP contribution in [0.25, 0.3) is 16.8 Å². The predicted octanol–water partition coefficient (Wildman–Crippen LogP) is 2.89. The van der Waals surface area contributed by atoms with Gasteiger partial charge in [0.05, 0.1) is 32.6 Å². The molecule has 2 heterocycles. The van der Waals surface area contributed by atoms with Crippen LogP contribution in [0.2, 0.25) is 0 Å². The van der Waals surface area contributed by atoms with Gasteiger partial charge in [0.15, 0.2) is 0 Å². The Labute approximate surface area is 150 Å². The first-order valence-corrected chi connectivity index (χ1v) is 7.84. The third-order valence-electron chi connectivity index (χ3n) is 4.04. The molecule has 134 valence electrons. The minimum absolute atomic E-state index is 0.0725. The molecule has 0 saturated carbocycles. The molecule has 0 amide bonds. The molecule has 0 saturated heterocycles. The minimum Gasteiger partial charge on any atom is -0.497 e. The Morgan fingerprint density at radius 2 is 1.65 bits per heavy atom. The number of nitrogens with zero attached hydrogens (tertiary/aromatic N) is 2. The Balaban J connectivity index is 2.39. The lowest BCUT2D eigenvalue weighted by atomic mass is 9.98. The van der Waals surface area contributed by atoms with Crippen molar-refractivity contribution in [2.75, 3.05) is 21.3 Å². The van der Waals surface area contributed by atoms with Crippen LogP contribution < -0.4 is 4.74 Å². The number of carbonyl (C=O) groups excluding carboxylic acids is 2. The predicted molar refractivity (Wildman–Crippen MR) is 94.6 cm³/mol. The summed E-state index contributed by atoms with van der Waals surface area (Å²) in [4.78, 5) is 29.4. The summed E-state index contributed by atoms with van der Waals surface area (Å²) in [5.74, 6) is -0.605. The molecule has 1 aromatic carbocycles. The van der Waals surface area contributed by atoms with E-state index in [-0.39, 0.29) is 11.3 Å². The maximum atomic E-state index is 12.5. The monoisotopic (exact) mass is 354 g/mol. The summed E-state index contributed by atoms with van der Waals surface area (Å²) in [5, 5.41) is 0. The molecule has 0 aliphatic rings. The Morgan fingerprint density at radius 1 is 1.00 bits per heavy atom. The molecule has 0 N–H and O–H groups in total. The number of aryl methyl sites for hydroxylation is 1. The standard InChI is InChI=1S/C19H18N2O5/c1-11-10-21-15(20-11)9-14(12-5-7-13(24-2)8-6-12)16(18(22)25-3)17(21)19(23)26-4/h5-10H,1-4H3. The molecule has 0 aliphatic heterocycles. The van der Waals surface area contributed by atoms with Gasteiger partial charge in [-0.05, 0) is 30.7 Å². The first-order chi connectivity index (χ1) is 12.5. The molecule has 0 aliphatic carbocycles. The van der Waals surface area contributed by atoms with Gasteiger partial charge >= 0.3 is 11.9 Å². The number of ether oxygens (including phenoxy) is 3. The van der Waals surface area contributed by atoms with E-state index in [0.717, 1.165) is 5.56 Å². The van der Waals surface area contributed by atoms with Crippen molar-refractivity contribution >= 4 is 17.6 Å². The van der Waals surface area contributed by atoms with E-state index in [1.807, 2.05) is 0 Å². The molecular formula is C19H18N2O5. The molecule has 2 aromatic heterocycles. The number of esters is 2. The van der Waals surface area contributed by atoms with Crippen molar-refractivity contribution in [2.45, 2.75) is 6.92 Å². The number of methoxy groups -OCH3 is 3. The van der Waals surface area contributed by atoms with Crippen molar-refractivity contribution in [3.8, 4) is 16.9 Å². The number of pyridine rings is 1. The zero-order valence-electron chi connectivity index (χ0n) is 14.9. The van der Waals surface area contributed by atoms with Crippen LogP contribution in [0.5, 0.6) is 5.75 Å².